The number of rotatable bonds is 4. The predicted octanol–water partition coefficient (Wildman–Crippen LogP) is 5.06. The summed E-state index contributed by atoms with van der Waals surface area (Å²) >= 11 is 0. The molecule has 4 rings (SSSR count). The summed E-state index contributed by atoms with van der Waals surface area (Å²) in [5.41, 5.74) is 4.23. The van der Waals surface area contributed by atoms with Crippen LogP contribution in [0.3, 0.4) is 0 Å². The fourth-order valence-electron chi connectivity index (χ4n) is 4.25. The van der Waals surface area contributed by atoms with Crippen molar-refractivity contribution < 1.29 is 0 Å². The van der Waals surface area contributed by atoms with Gasteiger partial charge in [0.05, 0.1) is 17.1 Å². The molecule has 1 aromatic heterocycles. The molecule has 0 unspecified atom stereocenters. The third kappa shape index (κ3) is 3.91. The van der Waals surface area contributed by atoms with E-state index in [9.17, 15) is 5.26 Å². The molecule has 0 amide bonds. The molecule has 2 aliphatic rings. The number of nitrogens with zero attached hydrogens (tertiary/aromatic N) is 4. The standard InChI is InChI=1S/C23H28N6/c1-3-29-20-13-9-8-12-19(20)27-22(29)18(14-24)21-16(2)15-25-23(28-21)26-17-10-6-4-5-7-11-17/h8-9,12-13,15,17,27H,3-7,10-11H2,1-2H3,(H,25,26,28)/b22-18+. The van der Waals surface area contributed by atoms with Crippen LogP contribution in [0.5, 0.6) is 0 Å². The molecule has 6 nitrogen and oxygen atoms in total. The number of benzene rings is 1. The lowest BCUT2D eigenvalue weighted by molar-refractivity contribution is 0.614. The number of aryl methyl sites for hydroxylation is 1. The topological polar surface area (TPSA) is 76.9 Å². The van der Waals surface area contributed by atoms with Crippen LogP contribution in [0.2, 0.25) is 0 Å². The van der Waals surface area contributed by atoms with E-state index in [4.69, 9.17) is 4.98 Å². The van der Waals surface area contributed by atoms with E-state index in [1.165, 1.54) is 25.7 Å². The molecule has 150 valence electrons. The minimum atomic E-state index is 0.409. The molecule has 1 aromatic carbocycles. The average Bonchev–Trinajstić information content (AvgIpc) is 2.90. The summed E-state index contributed by atoms with van der Waals surface area (Å²) < 4.78 is 0. The van der Waals surface area contributed by atoms with E-state index in [0.717, 1.165) is 42.1 Å². The summed E-state index contributed by atoms with van der Waals surface area (Å²) in [5.74, 6) is 1.41. The second kappa shape index (κ2) is 8.52. The lowest BCUT2D eigenvalue weighted by Gasteiger charge is -2.20. The first-order chi connectivity index (χ1) is 14.2. The van der Waals surface area contributed by atoms with Crippen LogP contribution >= 0.6 is 0 Å². The van der Waals surface area contributed by atoms with Gasteiger partial charge < -0.3 is 15.5 Å². The van der Waals surface area contributed by atoms with Gasteiger partial charge in [-0.05, 0) is 44.4 Å². The highest BCUT2D eigenvalue weighted by Gasteiger charge is 2.27. The van der Waals surface area contributed by atoms with Gasteiger partial charge in [0.15, 0.2) is 0 Å². The fourth-order valence-corrected chi connectivity index (χ4v) is 4.25. The summed E-state index contributed by atoms with van der Waals surface area (Å²) in [6.07, 6.45) is 9.23. The first kappa shape index (κ1) is 19.3. The van der Waals surface area contributed by atoms with Crippen molar-refractivity contribution in [3.05, 3.63) is 47.5 Å². The molecule has 2 aromatic rings. The maximum absolute atomic E-state index is 10.1. The number of aromatic nitrogens is 2. The summed E-state index contributed by atoms with van der Waals surface area (Å²) in [7, 11) is 0. The van der Waals surface area contributed by atoms with Crippen LogP contribution in [0.4, 0.5) is 17.3 Å². The molecular formula is C23H28N6. The highest BCUT2D eigenvalue weighted by molar-refractivity contribution is 5.91. The van der Waals surface area contributed by atoms with Crippen molar-refractivity contribution in [2.24, 2.45) is 0 Å². The molecule has 0 spiro atoms. The molecule has 0 atom stereocenters. The summed E-state index contributed by atoms with van der Waals surface area (Å²) in [4.78, 5) is 11.4. The second-order valence-corrected chi connectivity index (χ2v) is 7.78. The maximum atomic E-state index is 10.1. The van der Waals surface area contributed by atoms with Crippen molar-refractivity contribution in [2.45, 2.75) is 58.4 Å². The Bertz CT molecular complexity index is 950. The minimum absolute atomic E-state index is 0.409. The second-order valence-electron chi connectivity index (χ2n) is 7.78. The molecule has 1 fully saturated rings. The Morgan fingerprint density at radius 1 is 1.24 bits per heavy atom. The van der Waals surface area contributed by atoms with E-state index in [0.29, 0.717) is 23.3 Å². The van der Waals surface area contributed by atoms with E-state index in [2.05, 4.69) is 39.6 Å². The number of fused-ring (bicyclic) bond motifs is 1. The van der Waals surface area contributed by atoms with Crippen LogP contribution in [0, 0.1) is 18.3 Å². The number of para-hydroxylation sites is 2. The predicted molar refractivity (Wildman–Crippen MR) is 117 cm³/mol. The van der Waals surface area contributed by atoms with Gasteiger partial charge in [-0.2, -0.15) is 5.26 Å². The van der Waals surface area contributed by atoms with Crippen molar-refractivity contribution in [1.29, 1.82) is 5.26 Å². The Morgan fingerprint density at radius 2 is 2.00 bits per heavy atom. The molecule has 2 heterocycles. The first-order valence-electron chi connectivity index (χ1n) is 10.6. The van der Waals surface area contributed by atoms with Gasteiger partial charge >= 0.3 is 0 Å². The van der Waals surface area contributed by atoms with Gasteiger partial charge in [0, 0.05) is 18.8 Å². The first-order valence-corrected chi connectivity index (χ1v) is 10.6. The van der Waals surface area contributed by atoms with Gasteiger partial charge in [0.25, 0.3) is 0 Å². The highest BCUT2D eigenvalue weighted by atomic mass is 15.3. The molecule has 1 aliphatic carbocycles. The normalized spacial score (nSPS) is 18.4. The monoisotopic (exact) mass is 388 g/mol. The van der Waals surface area contributed by atoms with Gasteiger partial charge in [-0.15, -0.1) is 0 Å². The van der Waals surface area contributed by atoms with Crippen LogP contribution in [-0.2, 0) is 0 Å². The van der Waals surface area contributed by atoms with Crippen LogP contribution in [0.15, 0.2) is 36.3 Å². The van der Waals surface area contributed by atoms with Crippen molar-refractivity contribution in [3.8, 4) is 6.07 Å². The third-order valence-corrected chi connectivity index (χ3v) is 5.78. The smallest absolute Gasteiger partial charge is 0.223 e. The van der Waals surface area contributed by atoms with Crippen molar-refractivity contribution >= 4 is 22.9 Å². The van der Waals surface area contributed by atoms with Crippen LogP contribution in [-0.4, -0.2) is 22.6 Å². The number of nitrogens with one attached hydrogen (secondary N) is 2. The Balaban J connectivity index is 1.69. The summed E-state index contributed by atoms with van der Waals surface area (Å²) in [5, 5.41) is 17.0. The lowest BCUT2D eigenvalue weighted by atomic mass is 10.1. The zero-order valence-electron chi connectivity index (χ0n) is 17.2. The van der Waals surface area contributed by atoms with Crippen LogP contribution in [0.25, 0.3) is 5.57 Å². The molecule has 0 bridgehead atoms. The SMILES string of the molecule is CCN1/C(=C(\C#N)c2nc(NC3CCCCCC3)ncc2C)Nc2ccccc21. The van der Waals surface area contributed by atoms with Crippen LogP contribution in [0.1, 0.15) is 56.7 Å². The third-order valence-electron chi connectivity index (χ3n) is 5.78. The largest absolute Gasteiger partial charge is 0.351 e. The Hall–Kier alpha value is -3.07. The van der Waals surface area contributed by atoms with E-state index >= 15 is 0 Å². The van der Waals surface area contributed by atoms with Gasteiger partial charge in [0.2, 0.25) is 5.95 Å². The van der Waals surface area contributed by atoms with Gasteiger partial charge in [-0.3, -0.25) is 0 Å². The van der Waals surface area contributed by atoms with E-state index in [1.807, 2.05) is 31.3 Å². The van der Waals surface area contributed by atoms with Crippen molar-refractivity contribution in [1.82, 2.24) is 9.97 Å². The van der Waals surface area contributed by atoms with Crippen LogP contribution < -0.4 is 15.5 Å². The summed E-state index contributed by atoms with van der Waals surface area (Å²) in [6.45, 7) is 4.81. The van der Waals surface area contributed by atoms with Gasteiger partial charge in [-0.25, -0.2) is 9.97 Å². The number of anilines is 3. The molecular weight excluding hydrogens is 360 g/mol. The number of nitriles is 1. The molecule has 1 saturated carbocycles. The highest BCUT2D eigenvalue weighted by Crippen LogP contribution is 2.38. The summed E-state index contributed by atoms with van der Waals surface area (Å²) in [6, 6.07) is 10.9. The quantitative estimate of drug-likeness (QED) is 0.563. The molecule has 0 radical (unpaired) electrons. The van der Waals surface area contributed by atoms with E-state index < -0.39 is 0 Å². The van der Waals surface area contributed by atoms with Gasteiger partial charge in [0.1, 0.15) is 17.5 Å². The number of allylic oxidation sites excluding steroid dienone is 1. The van der Waals surface area contributed by atoms with Crippen molar-refractivity contribution in [2.75, 3.05) is 22.1 Å². The zero-order valence-corrected chi connectivity index (χ0v) is 17.2. The Labute approximate surface area is 172 Å². The van der Waals surface area contributed by atoms with E-state index in [1.54, 1.807) is 0 Å². The fraction of sp³-hybridized carbons (Fsp3) is 0.435. The molecule has 29 heavy (non-hydrogen) atoms. The molecule has 0 saturated heterocycles. The average molecular weight is 389 g/mol. The van der Waals surface area contributed by atoms with Gasteiger partial charge in [-0.1, -0.05) is 37.8 Å². The molecule has 6 heteroatoms. The molecule has 1 aliphatic heterocycles. The number of hydrogen-bond acceptors (Lipinski definition) is 6. The Kier molecular flexibility index (Phi) is 5.66. The maximum Gasteiger partial charge on any atom is 0.223 e. The number of hydrogen-bond donors (Lipinski definition) is 2. The van der Waals surface area contributed by atoms with E-state index in [-0.39, 0.29) is 0 Å². The lowest BCUT2D eigenvalue weighted by Crippen LogP contribution is -2.23. The van der Waals surface area contributed by atoms with Crippen molar-refractivity contribution in [3.63, 3.8) is 0 Å². The Morgan fingerprint density at radius 3 is 2.72 bits per heavy atom. The zero-order chi connectivity index (χ0) is 20.2. The minimum Gasteiger partial charge on any atom is -0.351 e. The molecule has 2 N–H and O–H groups in total.